The van der Waals surface area contributed by atoms with E-state index in [0.717, 1.165) is 6.61 Å². The van der Waals surface area contributed by atoms with E-state index in [9.17, 15) is 0 Å². The van der Waals surface area contributed by atoms with Crippen LogP contribution in [0.15, 0.2) is 0 Å². The molecular formula is C11H24O. The van der Waals surface area contributed by atoms with E-state index in [-0.39, 0.29) is 0 Å². The maximum atomic E-state index is 5.29. The lowest BCUT2D eigenvalue weighted by atomic mass is 9.79. The Balaban J connectivity index is 3.95. The maximum Gasteiger partial charge on any atom is 0.0518 e. The first-order chi connectivity index (χ1) is 5.74. The Kier molecular flexibility index (Phi) is 6.45. The van der Waals surface area contributed by atoms with Gasteiger partial charge in [-0.1, -0.05) is 33.6 Å². The summed E-state index contributed by atoms with van der Waals surface area (Å²) >= 11 is 0. The predicted molar refractivity (Wildman–Crippen MR) is 54.4 cm³/mol. The summed E-state index contributed by atoms with van der Waals surface area (Å²) in [6.45, 7) is 7.74. The van der Waals surface area contributed by atoms with Gasteiger partial charge in [0.1, 0.15) is 0 Å². The molecule has 0 saturated carbocycles. The van der Waals surface area contributed by atoms with Crippen LogP contribution in [0, 0.1) is 5.41 Å². The van der Waals surface area contributed by atoms with Crippen LogP contribution in [0.5, 0.6) is 0 Å². The van der Waals surface area contributed by atoms with Crippen molar-refractivity contribution in [3.8, 4) is 0 Å². The quantitative estimate of drug-likeness (QED) is 0.570. The molecule has 0 aliphatic rings. The Labute approximate surface area is 77.5 Å². The van der Waals surface area contributed by atoms with Gasteiger partial charge in [-0.05, 0) is 24.7 Å². The molecule has 0 fully saturated rings. The molecule has 0 unspecified atom stereocenters. The van der Waals surface area contributed by atoms with E-state index in [1.807, 2.05) is 7.11 Å². The molecule has 0 aliphatic heterocycles. The highest BCUT2D eigenvalue weighted by Crippen LogP contribution is 2.32. The van der Waals surface area contributed by atoms with Crippen LogP contribution in [-0.2, 0) is 4.74 Å². The second-order valence-corrected chi connectivity index (χ2v) is 3.74. The van der Waals surface area contributed by atoms with E-state index in [1.54, 1.807) is 0 Å². The van der Waals surface area contributed by atoms with Crippen LogP contribution in [0.4, 0.5) is 0 Å². The Morgan fingerprint density at radius 1 is 1.08 bits per heavy atom. The minimum atomic E-state index is 0.463. The first-order valence-corrected chi connectivity index (χ1v) is 5.23. The topological polar surface area (TPSA) is 9.23 Å². The van der Waals surface area contributed by atoms with E-state index >= 15 is 0 Å². The number of hydrogen-bond acceptors (Lipinski definition) is 1. The molecule has 0 saturated heterocycles. The van der Waals surface area contributed by atoms with Crippen LogP contribution in [0.2, 0.25) is 0 Å². The fourth-order valence-electron chi connectivity index (χ4n) is 1.74. The van der Waals surface area contributed by atoms with Crippen molar-refractivity contribution in [3.05, 3.63) is 0 Å². The van der Waals surface area contributed by atoms with E-state index < -0.39 is 0 Å². The van der Waals surface area contributed by atoms with Crippen molar-refractivity contribution in [2.75, 3.05) is 13.7 Å². The fourth-order valence-corrected chi connectivity index (χ4v) is 1.74. The molecule has 0 amide bonds. The second-order valence-electron chi connectivity index (χ2n) is 3.74. The van der Waals surface area contributed by atoms with Crippen molar-refractivity contribution < 1.29 is 4.74 Å². The normalized spacial score (nSPS) is 12.0. The van der Waals surface area contributed by atoms with Crippen LogP contribution < -0.4 is 0 Å². The van der Waals surface area contributed by atoms with Gasteiger partial charge in [-0.2, -0.15) is 0 Å². The van der Waals surface area contributed by atoms with Crippen LogP contribution in [0.1, 0.15) is 52.9 Å². The molecule has 0 spiro atoms. The first-order valence-electron chi connectivity index (χ1n) is 5.23. The van der Waals surface area contributed by atoms with Gasteiger partial charge in [0.15, 0.2) is 0 Å². The molecule has 0 aromatic heterocycles. The van der Waals surface area contributed by atoms with E-state index in [2.05, 4.69) is 20.8 Å². The van der Waals surface area contributed by atoms with Crippen LogP contribution >= 0.6 is 0 Å². The fraction of sp³-hybridized carbons (Fsp3) is 1.00. The molecule has 0 heterocycles. The third kappa shape index (κ3) is 3.57. The Bertz CT molecular complexity index is 95.2. The van der Waals surface area contributed by atoms with Gasteiger partial charge in [-0.15, -0.1) is 0 Å². The van der Waals surface area contributed by atoms with Crippen molar-refractivity contribution in [2.45, 2.75) is 52.9 Å². The van der Waals surface area contributed by atoms with Crippen molar-refractivity contribution in [3.63, 3.8) is 0 Å². The summed E-state index contributed by atoms with van der Waals surface area (Å²) in [7, 11) is 1.81. The third-order valence-corrected chi connectivity index (χ3v) is 3.01. The Hall–Kier alpha value is -0.0400. The third-order valence-electron chi connectivity index (χ3n) is 3.01. The SMILES string of the molecule is CCCCC(CC)(CC)COC. The Morgan fingerprint density at radius 3 is 2.00 bits per heavy atom. The molecule has 0 aromatic carbocycles. The minimum Gasteiger partial charge on any atom is -0.384 e. The number of unbranched alkanes of at least 4 members (excludes halogenated alkanes) is 1. The molecule has 0 aliphatic carbocycles. The zero-order chi connectivity index (χ0) is 9.45. The lowest BCUT2D eigenvalue weighted by Crippen LogP contribution is -2.24. The zero-order valence-corrected chi connectivity index (χ0v) is 9.15. The van der Waals surface area contributed by atoms with Gasteiger partial charge in [0.05, 0.1) is 6.61 Å². The van der Waals surface area contributed by atoms with Gasteiger partial charge >= 0.3 is 0 Å². The van der Waals surface area contributed by atoms with Gasteiger partial charge in [0.25, 0.3) is 0 Å². The standard InChI is InChI=1S/C11H24O/c1-5-8-9-11(6-2,7-3)10-12-4/h5-10H2,1-4H3. The van der Waals surface area contributed by atoms with Gasteiger partial charge < -0.3 is 4.74 Å². The average Bonchev–Trinajstić information content (AvgIpc) is 2.13. The molecule has 0 aromatic rings. The highest BCUT2D eigenvalue weighted by Gasteiger charge is 2.24. The largest absolute Gasteiger partial charge is 0.384 e. The van der Waals surface area contributed by atoms with Crippen LogP contribution in [0.25, 0.3) is 0 Å². The lowest BCUT2D eigenvalue weighted by molar-refractivity contribution is 0.0635. The van der Waals surface area contributed by atoms with Gasteiger partial charge in [-0.3, -0.25) is 0 Å². The molecule has 0 rings (SSSR count). The highest BCUT2D eigenvalue weighted by molar-refractivity contribution is 4.75. The molecule has 1 nitrogen and oxygen atoms in total. The van der Waals surface area contributed by atoms with E-state index in [0.29, 0.717) is 5.41 Å². The molecule has 0 radical (unpaired) electrons. The van der Waals surface area contributed by atoms with Crippen LogP contribution in [0.3, 0.4) is 0 Å². The summed E-state index contributed by atoms with van der Waals surface area (Å²) < 4.78 is 5.29. The summed E-state index contributed by atoms with van der Waals surface area (Å²) in [5, 5.41) is 0. The highest BCUT2D eigenvalue weighted by atomic mass is 16.5. The monoisotopic (exact) mass is 172 g/mol. The number of rotatable bonds is 7. The smallest absolute Gasteiger partial charge is 0.0518 e. The van der Waals surface area contributed by atoms with E-state index in [4.69, 9.17) is 4.74 Å². The van der Waals surface area contributed by atoms with Gasteiger partial charge in [0, 0.05) is 7.11 Å². The Morgan fingerprint density at radius 2 is 1.67 bits per heavy atom. The van der Waals surface area contributed by atoms with Crippen molar-refractivity contribution in [1.82, 2.24) is 0 Å². The molecular weight excluding hydrogens is 148 g/mol. The molecule has 0 bridgehead atoms. The summed E-state index contributed by atoms with van der Waals surface area (Å²) in [6.07, 6.45) is 6.45. The number of ether oxygens (including phenoxy) is 1. The molecule has 12 heavy (non-hydrogen) atoms. The zero-order valence-electron chi connectivity index (χ0n) is 9.15. The molecule has 0 atom stereocenters. The van der Waals surface area contributed by atoms with Gasteiger partial charge in [0.2, 0.25) is 0 Å². The van der Waals surface area contributed by atoms with Crippen molar-refractivity contribution >= 4 is 0 Å². The van der Waals surface area contributed by atoms with E-state index in [1.165, 1.54) is 32.1 Å². The first kappa shape index (κ1) is 12.0. The minimum absolute atomic E-state index is 0.463. The predicted octanol–water partition coefficient (Wildman–Crippen LogP) is 3.63. The van der Waals surface area contributed by atoms with Crippen molar-refractivity contribution in [2.24, 2.45) is 5.41 Å². The second kappa shape index (κ2) is 6.47. The molecule has 1 heteroatoms. The summed E-state index contributed by atoms with van der Waals surface area (Å²) in [5.41, 5.74) is 0.463. The molecule has 74 valence electrons. The van der Waals surface area contributed by atoms with Gasteiger partial charge in [-0.25, -0.2) is 0 Å². The molecule has 0 N–H and O–H groups in total. The van der Waals surface area contributed by atoms with Crippen LogP contribution in [-0.4, -0.2) is 13.7 Å². The summed E-state index contributed by atoms with van der Waals surface area (Å²) in [6, 6.07) is 0. The van der Waals surface area contributed by atoms with Crippen molar-refractivity contribution in [1.29, 1.82) is 0 Å². The lowest BCUT2D eigenvalue weighted by Gasteiger charge is -2.30. The summed E-state index contributed by atoms with van der Waals surface area (Å²) in [4.78, 5) is 0. The maximum absolute atomic E-state index is 5.29. The average molecular weight is 172 g/mol. The number of hydrogen-bond donors (Lipinski definition) is 0. The number of methoxy groups -OCH3 is 1. The summed E-state index contributed by atoms with van der Waals surface area (Å²) in [5.74, 6) is 0.